The summed E-state index contributed by atoms with van der Waals surface area (Å²) in [6, 6.07) is 5.77. The minimum absolute atomic E-state index is 0.000297. The SMILES string of the molecule is CCC(C)(C)NC(=O)CNc1ccc(OC)c(C)c1. The van der Waals surface area contributed by atoms with E-state index in [0.717, 1.165) is 23.4 Å². The molecule has 0 atom stereocenters. The van der Waals surface area contributed by atoms with Gasteiger partial charge in [0, 0.05) is 11.2 Å². The van der Waals surface area contributed by atoms with Gasteiger partial charge in [0.2, 0.25) is 5.91 Å². The van der Waals surface area contributed by atoms with Crippen molar-refractivity contribution in [1.29, 1.82) is 0 Å². The summed E-state index contributed by atoms with van der Waals surface area (Å²) < 4.78 is 5.20. The molecule has 0 unspecified atom stereocenters. The molecule has 0 aliphatic rings. The first kappa shape index (κ1) is 15.3. The first-order valence-corrected chi connectivity index (χ1v) is 6.57. The molecule has 0 heterocycles. The molecule has 0 aromatic heterocycles. The molecule has 1 amide bonds. The Balaban J connectivity index is 2.53. The number of rotatable bonds is 6. The van der Waals surface area contributed by atoms with Gasteiger partial charge in [0.1, 0.15) is 5.75 Å². The zero-order chi connectivity index (χ0) is 14.5. The predicted molar refractivity (Wildman–Crippen MR) is 78.7 cm³/mol. The molecule has 1 aromatic rings. The van der Waals surface area contributed by atoms with Gasteiger partial charge in [0.25, 0.3) is 0 Å². The Labute approximate surface area is 115 Å². The smallest absolute Gasteiger partial charge is 0.239 e. The first-order valence-electron chi connectivity index (χ1n) is 6.57. The van der Waals surface area contributed by atoms with Crippen molar-refractivity contribution >= 4 is 11.6 Å². The summed E-state index contributed by atoms with van der Waals surface area (Å²) in [5, 5.41) is 6.10. The van der Waals surface area contributed by atoms with E-state index in [-0.39, 0.29) is 18.0 Å². The number of carbonyl (C=O) groups is 1. The lowest BCUT2D eigenvalue weighted by atomic mass is 10.0. The van der Waals surface area contributed by atoms with Crippen LogP contribution in [0.5, 0.6) is 5.75 Å². The van der Waals surface area contributed by atoms with E-state index in [4.69, 9.17) is 4.74 Å². The third-order valence-corrected chi connectivity index (χ3v) is 3.21. The molecule has 0 bridgehead atoms. The van der Waals surface area contributed by atoms with Gasteiger partial charge in [-0.05, 0) is 51.0 Å². The minimum Gasteiger partial charge on any atom is -0.496 e. The number of ether oxygens (including phenoxy) is 1. The van der Waals surface area contributed by atoms with Gasteiger partial charge in [0.15, 0.2) is 0 Å². The number of benzene rings is 1. The largest absolute Gasteiger partial charge is 0.496 e. The fourth-order valence-corrected chi connectivity index (χ4v) is 1.68. The zero-order valence-electron chi connectivity index (χ0n) is 12.5. The van der Waals surface area contributed by atoms with Gasteiger partial charge in [-0.25, -0.2) is 0 Å². The standard InChI is InChI=1S/C15H24N2O2/c1-6-15(3,4)17-14(18)10-16-12-7-8-13(19-5)11(2)9-12/h7-9,16H,6,10H2,1-5H3,(H,17,18). The molecule has 0 radical (unpaired) electrons. The van der Waals surface area contributed by atoms with Crippen LogP contribution in [0.3, 0.4) is 0 Å². The maximum atomic E-state index is 11.8. The van der Waals surface area contributed by atoms with Crippen LogP contribution in [0, 0.1) is 6.92 Å². The first-order chi connectivity index (χ1) is 8.88. The van der Waals surface area contributed by atoms with Gasteiger partial charge >= 0.3 is 0 Å². The van der Waals surface area contributed by atoms with Crippen molar-refractivity contribution in [3.8, 4) is 5.75 Å². The Bertz CT molecular complexity index is 442. The van der Waals surface area contributed by atoms with E-state index < -0.39 is 0 Å². The fraction of sp³-hybridized carbons (Fsp3) is 0.533. The van der Waals surface area contributed by atoms with E-state index in [1.165, 1.54) is 0 Å². The number of aryl methyl sites for hydroxylation is 1. The van der Waals surface area contributed by atoms with Crippen LogP contribution >= 0.6 is 0 Å². The molecule has 106 valence electrons. The molecule has 0 aliphatic heterocycles. The average molecular weight is 264 g/mol. The highest BCUT2D eigenvalue weighted by atomic mass is 16.5. The molecule has 2 N–H and O–H groups in total. The van der Waals surface area contributed by atoms with Crippen LogP contribution in [0.2, 0.25) is 0 Å². The third kappa shape index (κ3) is 4.81. The van der Waals surface area contributed by atoms with E-state index in [2.05, 4.69) is 17.6 Å². The minimum atomic E-state index is -0.158. The molecule has 1 aromatic carbocycles. The maximum Gasteiger partial charge on any atom is 0.239 e. The van der Waals surface area contributed by atoms with Crippen LogP contribution in [0.25, 0.3) is 0 Å². The number of carbonyl (C=O) groups excluding carboxylic acids is 1. The van der Waals surface area contributed by atoms with Crippen LogP contribution in [-0.4, -0.2) is 25.1 Å². The topological polar surface area (TPSA) is 50.4 Å². The quantitative estimate of drug-likeness (QED) is 0.830. The molecule has 4 nitrogen and oxygen atoms in total. The summed E-state index contributed by atoms with van der Waals surface area (Å²) in [6.45, 7) is 8.34. The molecule has 0 saturated carbocycles. The lowest BCUT2D eigenvalue weighted by molar-refractivity contribution is -0.121. The highest BCUT2D eigenvalue weighted by molar-refractivity contribution is 5.81. The molecule has 1 rings (SSSR count). The normalized spacial score (nSPS) is 11.0. The molecule has 0 aliphatic carbocycles. The van der Waals surface area contributed by atoms with Crippen molar-refractivity contribution in [1.82, 2.24) is 5.32 Å². The van der Waals surface area contributed by atoms with E-state index >= 15 is 0 Å². The lowest BCUT2D eigenvalue weighted by Gasteiger charge is -2.24. The number of nitrogens with one attached hydrogen (secondary N) is 2. The number of hydrogen-bond acceptors (Lipinski definition) is 3. The highest BCUT2D eigenvalue weighted by Crippen LogP contribution is 2.21. The Morgan fingerprint density at radius 2 is 2.05 bits per heavy atom. The van der Waals surface area contributed by atoms with Crippen LogP contribution < -0.4 is 15.4 Å². The lowest BCUT2D eigenvalue weighted by Crippen LogP contribution is -2.45. The molecule has 0 fully saturated rings. The fourth-order valence-electron chi connectivity index (χ4n) is 1.68. The third-order valence-electron chi connectivity index (χ3n) is 3.21. The van der Waals surface area contributed by atoms with Crippen molar-refractivity contribution in [3.05, 3.63) is 23.8 Å². The number of methoxy groups -OCH3 is 1. The van der Waals surface area contributed by atoms with Gasteiger partial charge in [-0.3, -0.25) is 4.79 Å². The summed E-state index contributed by atoms with van der Waals surface area (Å²) >= 11 is 0. The maximum absolute atomic E-state index is 11.8. The number of anilines is 1. The second-order valence-electron chi connectivity index (χ2n) is 5.32. The Hall–Kier alpha value is -1.71. The van der Waals surface area contributed by atoms with Crippen molar-refractivity contribution in [3.63, 3.8) is 0 Å². The molecule has 19 heavy (non-hydrogen) atoms. The molecular weight excluding hydrogens is 240 g/mol. The second kappa shape index (κ2) is 6.45. The Morgan fingerprint density at radius 3 is 2.58 bits per heavy atom. The van der Waals surface area contributed by atoms with Crippen molar-refractivity contribution in [2.75, 3.05) is 19.0 Å². The van der Waals surface area contributed by atoms with Crippen molar-refractivity contribution in [2.45, 2.75) is 39.7 Å². The Morgan fingerprint density at radius 1 is 1.37 bits per heavy atom. The molecular formula is C15H24N2O2. The van der Waals surface area contributed by atoms with Crippen LogP contribution in [0.1, 0.15) is 32.8 Å². The predicted octanol–water partition coefficient (Wildman–Crippen LogP) is 2.72. The van der Waals surface area contributed by atoms with Crippen LogP contribution in [0.15, 0.2) is 18.2 Å². The van der Waals surface area contributed by atoms with Crippen molar-refractivity contribution in [2.24, 2.45) is 0 Å². The summed E-state index contributed by atoms with van der Waals surface area (Å²) in [5.41, 5.74) is 1.80. The molecule has 0 spiro atoms. The number of hydrogen-bond donors (Lipinski definition) is 2. The highest BCUT2D eigenvalue weighted by Gasteiger charge is 2.17. The second-order valence-corrected chi connectivity index (χ2v) is 5.32. The summed E-state index contributed by atoms with van der Waals surface area (Å²) in [7, 11) is 1.65. The van der Waals surface area contributed by atoms with Gasteiger partial charge in [-0.2, -0.15) is 0 Å². The van der Waals surface area contributed by atoms with Gasteiger partial charge in [-0.15, -0.1) is 0 Å². The van der Waals surface area contributed by atoms with Crippen LogP contribution in [0.4, 0.5) is 5.69 Å². The van der Waals surface area contributed by atoms with E-state index in [1.807, 2.05) is 39.0 Å². The van der Waals surface area contributed by atoms with Gasteiger partial charge < -0.3 is 15.4 Å². The molecule has 0 saturated heterocycles. The Kier molecular flexibility index (Phi) is 5.21. The monoisotopic (exact) mass is 264 g/mol. The van der Waals surface area contributed by atoms with Gasteiger partial charge in [0.05, 0.1) is 13.7 Å². The van der Waals surface area contributed by atoms with Crippen molar-refractivity contribution < 1.29 is 9.53 Å². The van der Waals surface area contributed by atoms with E-state index in [9.17, 15) is 4.79 Å². The average Bonchev–Trinajstić information content (AvgIpc) is 2.36. The van der Waals surface area contributed by atoms with Gasteiger partial charge in [-0.1, -0.05) is 6.92 Å². The number of amides is 1. The van der Waals surface area contributed by atoms with Crippen LogP contribution in [-0.2, 0) is 4.79 Å². The summed E-state index contributed by atoms with van der Waals surface area (Å²) in [5.74, 6) is 0.849. The van der Waals surface area contributed by atoms with E-state index in [1.54, 1.807) is 7.11 Å². The summed E-state index contributed by atoms with van der Waals surface area (Å²) in [4.78, 5) is 11.8. The zero-order valence-corrected chi connectivity index (χ0v) is 12.5. The summed E-state index contributed by atoms with van der Waals surface area (Å²) in [6.07, 6.45) is 0.903. The molecule has 4 heteroatoms. The van der Waals surface area contributed by atoms with E-state index in [0.29, 0.717) is 0 Å².